The molecule has 8 heteroatoms. The van der Waals surface area contributed by atoms with Crippen molar-refractivity contribution in [3.8, 4) is 0 Å². The minimum atomic E-state index is -0.723. The monoisotopic (exact) mass is 516 g/mol. The lowest BCUT2D eigenvalue weighted by molar-refractivity contribution is -0.134. The van der Waals surface area contributed by atoms with Gasteiger partial charge in [-0.1, -0.05) is 31.4 Å². The molecule has 3 N–H and O–H groups in total. The first kappa shape index (κ1) is 25.0. The molecule has 38 heavy (non-hydrogen) atoms. The zero-order chi connectivity index (χ0) is 26.3. The highest BCUT2D eigenvalue weighted by atomic mass is 16.2. The quantitative estimate of drug-likeness (QED) is 0.320. The molecular weight excluding hydrogens is 480 g/mol. The van der Waals surface area contributed by atoms with Gasteiger partial charge >= 0.3 is 0 Å². The normalized spacial score (nSPS) is 21.9. The molecule has 2 aliphatic heterocycles. The lowest BCUT2D eigenvalue weighted by atomic mass is 9.54. The highest BCUT2D eigenvalue weighted by Crippen LogP contribution is 2.55. The van der Waals surface area contributed by atoms with Crippen molar-refractivity contribution < 1.29 is 19.2 Å². The second-order valence-electron chi connectivity index (χ2n) is 11.6. The van der Waals surface area contributed by atoms with Gasteiger partial charge in [0.2, 0.25) is 17.7 Å². The molecule has 2 heterocycles. The van der Waals surface area contributed by atoms with E-state index >= 15 is 0 Å². The topological polar surface area (TPSA) is 108 Å². The first-order valence-electron chi connectivity index (χ1n) is 14.2. The summed E-state index contributed by atoms with van der Waals surface area (Å²) in [6.45, 7) is 1.07. The summed E-state index contributed by atoms with van der Waals surface area (Å²) in [6.07, 6.45) is 12.1. The number of imide groups is 1. The second kappa shape index (κ2) is 10.1. The number of piperidine rings is 1. The van der Waals surface area contributed by atoms with Crippen LogP contribution in [0.4, 0.5) is 11.4 Å². The number of hydrogen-bond acceptors (Lipinski definition) is 5. The first-order chi connectivity index (χ1) is 18.4. The van der Waals surface area contributed by atoms with Gasteiger partial charge < -0.3 is 10.6 Å². The molecule has 4 amide bonds. The SMILES string of the molecule is O=C1CCC(N2C(=O)c3cccc4c(NC(=O)CCCCCCNC5CC6(CCC6)C5)ccc2c34)C(=O)N1. The van der Waals surface area contributed by atoms with Crippen molar-refractivity contribution >= 4 is 45.8 Å². The second-order valence-corrected chi connectivity index (χ2v) is 11.6. The van der Waals surface area contributed by atoms with Crippen LogP contribution in [-0.4, -0.2) is 42.3 Å². The van der Waals surface area contributed by atoms with Crippen LogP contribution in [-0.2, 0) is 14.4 Å². The summed E-state index contributed by atoms with van der Waals surface area (Å²) < 4.78 is 0. The summed E-state index contributed by atoms with van der Waals surface area (Å²) in [5.41, 5.74) is 2.55. The van der Waals surface area contributed by atoms with Gasteiger partial charge in [0.1, 0.15) is 6.04 Å². The van der Waals surface area contributed by atoms with E-state index in [9.17, 15) is 19.2 Å². The lowest BCUT2D eigenvalue weighted by Gasteiger charge is -2.54. The lowest BCUT2D eigenvalue weighted by Crippen LogP contribution is -2.53. The number of amides is 4. The molecule has 2 aromatic carbocycles. The van der Waals surface area contributed by atoms with Gasteiger partial charge in [0.15, 0.2) is 0 Å². The van der Waals surface area contributed by atoms with Crippen molar-refractivity contribution in [3.05, 3.63) is 35.9 Å². The zero-order valence-electron chi connectivity index (χ0n) is 21.8. The molecule has 0 radical (unpaired) electrons. The summed E-state index contributed by atoms with van der Waals surface area (Å²) in [4.78, 5) is 51.6. The standard InChI is InChI=1S/C30H36N4O4/c35-25(9-3-1-2-4-16-31-19-17-30(18-19)14-6-15-30)32-22-10-11-23-27-20(22)7-5-8-21(27)29(38)34(23)24-12-13-26(36)33-28(24)37/h5,7-8,10-11,19,24,31H,1-4,6,9,12-18H2,(H,32,35)(H,33,36,37). The van der Waals surface area contributed by atoms with Gasteiger partial charge in [0.25, 0.3) is 5.91 Å². The Hall–Kier alpha value is -3.26. The van der Waals surface area contributed by atoms with E-state index in [0.29, 0.717) is 29.8 Å². The Morgan fingerprint density at radius 2 is 1.84 bits per heavy atom. The highest BCUT2D eigenvalue weighted by molar-refractivity contribution is 6.28. The molecule has 1 unspecified atom stereocenters. The highest BCUT2D eigenvalue weighted by Gasteiger charge is 2.47. The molecule has 200 valence electrons. The van der Waals surface area contributed by atoms with E-state index < -0.39 is 11.9 Å². The number of anilines is 2. The number of benzene rings is 2. The van der Waals surface area contributed by atoms with Gasteiger partial charge in [-0.05, 0) is 75.1 Å². The van der Waals surface area contributed by atoms with Crippen LogP contribution < -0.4 is 20.9 Å². The summed E-state index contributed by atoms with van der Waals surface area (Å²) in [5.74, 6) is -1.05. The van der Waals surface area contributed by atoms with E-state index in [1.54, 1.807) is 24.3 Å². The van der Waals surface area contributed by atoms with Crippen LogP contribution in [0.2, 0.25) is 0 Å². The fraction of sp³-hybridized carbons (Fsp3) is 0.533. The van der Waals surface area contributed by atoms with Gasteiger partial charge in [-0.25, -0.2) is 0 Å². The Morgan fingerprint density at radius 3 is 2.61 bits per heavy atom. The van der Waals surface area contributed by atoms with Crippen molar-refractivity contribution in [2.75, 3.05) is 16.8 Å². The van der Waals surface area contributed by atoms with Crippen LogP contribution in [0.15, 0.2) is 30.3 Å². The van der Waals surface area contributed by atoms with Crippen molar-refractivity contribution in [2.24, 2.45) is 5.41 Å². The summed E-state index contributed by atoms with van der Waals surface area (Å²) in [5, 5.41) is 10.6. The van der Waals surface area contributed by atoms with Crippen LogP contribution in [0.5, 0.6) is 0 Å². The number of nitrogens with one attached hydrogen (secondary N) is 3. The number of carbonyl (C=O) groups is 4. The minimum absolute atomic E-state index is 0.0320. The molecule has 1 atom stereocenters. The van der Waals surface area contributed by atoms with Crippen LogP contribution in [0.25, 0.3) is 10.8 Å². The van der Waals surface area contributed by atoms with Crippen LogP contribution in [0.1, 0.15) is 87.4 Å². The van der Waals surface area contributed by atoms with Gasteiger partial charge in [-0.2, -0.15) is 0 Å². The molecule has 0 bridgehead atoms. The smallest absolute Gasteiger partial charge is 0.259 e. The average molecular weight is 517 g/mol. The Morgan fingerprint density at radius 1 is 1.03 bits per heavy atom. The minimum Gasteiger partial charge on any atom is -0.326 e. The summed E-state index contributed by atoms with van der Waals surface area (Å²) in [7, 11) is 0. The molecule has 2 aliphatic carbocycles. The van der Waals surface area contributed by atoms with Crippen molar-refractivity contribution in [2.45, 2.75) is 89.1 Å². The number of hydrogen-bond donors (Lipinski definition) is 3. The van der Waals surface area contributed by atoms with Crippen LogP contribution in [0, 0.1) is 5.41 Å². The van der Waals surface area contributed by atoms with Crippen LogP contribution >= 0.6 is 0 Å². The third-order valence-electron chi connectivity index (χ3n) is 9.06. The van der Waals surface area contributed by atoms with E-state index in [1.165, 1.54) is 37.0 Å². The van der Waals surface area contributed by atoms with Crippen molar-refractivity contribution in [1.29, 1.82) is 0 Å². The summed E-state index contributed by atoms with van der Waals surface area (Å²) in [6, 6.07) is 9.03. The number of nitrogens with zero attached hydrogens (tertiary/aromatic N) is 1. The first-order valence-corrected chi connectivity index (χ1v) is 14.2. The van der Waals surface area contributed by atoms with E-state index in [-0.39, 0.29) is 24.1 Å². The maximum Gasteiger partial charge on any atom is 0.259 e. The Balaban J connectivity index is 1.01. The van der Waals surface area contributed by atoms with E-state index in [1.807, 2.05) is 6.07 Å². The average Bonchev–Trinajstić information content (AvgIpc) is 3.13. The van der Waals surface area contributed by atoms with E-state index in [4.69, 9.17) is 0 Å². The summed E-state index contributed by atoms with van der Waals surface area (Å²) >= 11 is 0. The molecule has 0 aromatic heterocycles. The van der Waals surface area contributed by atoms with Gasteiger partial charge in [0, 0.05) is 40.9 Å². The molecule has 2 aromatic rings. The Bertz CT molecular complexity index is 1290. The number of unbranched alkanes of at least 4 members (excludes halogenated alkanes) is 3. The fourth-order valence-corrected chi connectivity index (χ4v) is 6.85. The molecule has 6 rings (SSSR count). The maximum absolute atomic E-state index is 13.3. The van der Waals surface area contributed by atoms with Crippen molar-refractivity contribution in [3.63, 3.8) is 0 Å². The molecule has 3 fully saturated rings. The predicted octanol–water partition coefficient (Wildman–Crippen LogP) is 4.42. The largest absolute Gasteiger partial charge is 0.326 e. The number of carbonyl (C=O) groups excluding carboxylic acids is 4. The molecule has 1 spiro atoms. The Kier molecular flexibility index (Phi) is 6.68. The van der Waals surface area contributed by atoms with Crippen molar-refractivity contribution in [1.82, 2.24) is 10.6 Å². The van der Waals surface area contributed by atoms with Gasteiger partial charge in [0.05, 0.1) is 5.69 Å². The molecular formula is C30H36N4O4. The molecule has 1 saturated heterocycles. The van der Waals surface area contributed by atoms with E-state index in [0.717, 1.165) is 54.5 Å². The molecule has 2 saturated carbocycles. The molecule has 8 nitrogen and oxygen atoms in total. The molecule has 4 aliphatic rings. The predicted molar refractivity (Wildman–Crippen MR) is 146 cm³/mol. The van der Waals surface area contributed by atoms with E-state index in [2.05, 4.69) is 16.0 Å². The number of rotatable bonds is 10. The van der Waals surface area contributed by atoms with Gasteiger partial charge in [-0.15, -0.1) is 0 Å². The Labute approximate surface area is 222 Å². The van der Waals surface area contributed by atoms with Crippen LogP contribution in [0.3, 0.4) is 0 Å². The third-order valence-corrected chi connectivity index (χ3v) is 9.06. The zero-order valence-corrected chi connectivity index (χ0v) is 21.8. The fourth-order valence-electron chi connectivity index (χ4n) is 6.85. The van der Waals surface area contributed by atoms with Gasteiger partial charge in [-0.3, -0.25) is 29.4 Å². The maximum atomic E-state index is 13.3. The third kappa shape index (κ3) is 4.59.